The van der Waals surface area contributed by atoms with E-state index in [2.05, 4.69) is 5.32 Å². The number of aliphatic hydroxyl groups excluding tert-OH is 1. The van der Waals surface area contributed by atoms with Gasteiger partial charge in [-0.25, -0.2) is 0 Å². The molecule has 0 aromatic carbocycles. The maximum absolute atomic E-state index is 11.1. The molecule has 2 N–H and O–H groups in total. The third-order valence-corrected chi connectivity index (χ3v) is 2.55. The fourth-order valence-electron chi connectivity index (χ4n) is 0.874. The predicted molar refractivity (Wildman–Crippen MR) is 60.6 cm³/mol. The van der Waals surface area contributed by atoms with Crippen molar-refractivity contribution >= 4 is 17.7 Å². The molecule has 5 heteroatoms. The summed E-state index contributed by atoms with van der Waals surface area (Å²) < 4.78 is 0. The molecule has 0 atom stereocenters. The van der Waals surface area contributed by atoms with E-state index in [9.17, 15) is 4.79 Å². The first-order valence-electron chi connectivity index (χ1n) is 4.77. The number of nitrogens with one attached hydrogen (secondary N) is 1. The van der Waals surface area contributed by atoms with Crippen LogP contribution in [0.1, 0.15) is 6.42 Å². The summed E-state index contributed by atoms with van der Waals surface area (Å²) >= 11 is 1.75. The molecule has 0 aliphatic heterocycles. The van der Waals surface area contributed by atoms with E-state index in [0.717, 1.165) is 17.9 Å². The van der Waals surface area contributed by atoms with Gasteiger partial charge in [0.05, 0.1) is 6.54 Å². The molecule has 0 aromatic rings. The standard InChI is InChI=1S/C9H20N2O2S/c1-11(2)8-9(13)10-4-7-14-6-3-5-12/h12H,3-8H2,1-2H3,(H,10,13). The SMILES string of the molecule is CN(C)CC(=O)NCCSCCCO. The number of amides is 1. The molecule has 0 fully saturated rings. The molecule has 0 heterocycles. The van der Waals surface area contributed by atoms with Gasteiger partial charge in [-0.15, -0.1) is 0 Å². The van der Waals surface area contributed by atoms with Crippen LogP contribution in [0.2, 0.25) is 0 Å². The van der Waals surface area contributed by atoms with E-state index in [1.807, 2.05) is 19.0 Å². The monoisotopic (exact) mass is 220 g/mol. The number of carbonyl (C=O) groups is 1. The van der Waals surface area contributed by atoms with Gasteiger partial charge < -0.3 is 15.3 Å². The van der Waals surface area contributed by atoms with Crippen LogP contribution in [-0.2, 0) is 4.79 Å². The van der Waals surface area contributed by atoms with Gasteiger partial charge in [0.1, 0.15) is 0 Å². The summed E-state index contributed by atoms with van der Waals surface area (Å²) in [7, 11) is 3.74. The van der Waals surface area contributed by atoms with Crippen molar-refractivity contribution in [3.63, 3.8) is 0 Å². The highest BCUT2D eigenvalue weighted by molar-refractivity contribution is 7.99. The smallest absolute Gasteiger partial charge is 0.234 e. The Morgan fingerprint density at radius 1 is 1.43 bits per heavy atom. The number of hydrogen-bond acceptors (Lipinski definition) is 4. The van der Waals surface area contributed by atoms with Gasteiger partial charge in [0.25, 0.3) is 0 Å². The maximum atomic E-state index is 11.1. The lowest BCUT2D eigenvalue weighted by Crippen LogP contribution is -2.34. The number of likely N-dealkylation sites (N-methyl/N-ethyl adjacent to an activating group) is 1. The Hall–Kier alpha value is -0.260. The zero-order valence-corrected chi connectivity index (χ0v) is 9.77. The van der Waals surface area contributed by atoms with Gasteiger partial charge in [-0.05, 0) is 26.3 Å². The summed E-state index contributed by atoms with van der Waals surface area (Å²) in [6.07, 6.45) is 0.830. The average Bonchev–Trinajstić information content (AvgIpc) is 2.10. The topological polar surface area (TPSA) is 52.6 Å². The zero-order valence-electron chi connectivity index (χ0n) is 8.95. The maximum Gasteiger partial charge on any atom is 0.234 e. The van der Waals surface area contributed by atoms with Crippen LogP contribution in [0.15, 0.2) is 0 Å². The van der Waals surface area contributed by atoms with E-state index in [-0.39, 0.29) is 12.5 Å². The van der Waals surface area contributed by atoms with Crippen LogP contribution in [0.25, 0.3) is 0 Å². The van der Waals surface area contributed by atoms with E-state index >= 15 is 0 Å². The molecular formula is C9H20N2O2S. The van der Waals surface area contributed by atoms with Gasteiger partial charge in [0.2, 0.25) is 5.91 Å². The van der Waals surface area contributed by atoms with Crippen molar-refractivity contribution in [2.75, 3.05) is 45.3 Å². The normalized spacial score (nSPS) is 10.6. The Labute approximate surface area is 90.0 Å². The van der Waals surface area contributed by atoms with Crippen LogP contribution < -0.4 is 5.32 Å². The first kappa shape index (κ1) is 13.7. The molecule has 0 bridgehead atoms. The van der Waals surface area contributed by atoms with Crippen LogP contribution in [0, 0.1) is 0 Å². The molecule has 0 aromatic heterocycles. The van der Waals surface area contributed by atoms with Crippen molar-refractivity contribution in [1.29, 1.82) is 0 Å². The van der Waals surface area contributed by atoms with E-state index in [1.165, 1.54) is 0 Å². The zero-order chi connectivity index (χ0) is 10.8. The van der Waals surface area contributed by atoms with Crippen molar-refractivity contribution in [2.24, 2.45) is 0 Å². The minimum atomic E-state index is 0.0674. The van der Waals surface area contributed by atoms with Crippen LogP contribution in [0.3, 0.4) is 0 Å². The molecule has 0 spiro atoms. The number of rotatable bonds is 8. The van der Waals surface area contributed by atoms with Crippen LogP contribution in [0.5, 0.6) is 0 Å². The Kier molecular flexibility index (Phi) is 9.13. The quantitative estimate of drug-likeness (QED) is 0.555. The lowest BCUT2D eigenvalue weighted by atomic mass is 10.5. The highest BCUT2D eigenvalue weighted by Crippen LogP contribution is 1.99. The Balaban J connectivity index is 3.15. The van der Waals surface area contributed by atoms with Crippen LogP contribution in [0.4, 0.5) is 0 Å². The molecule has 0 saturated carbocycles. The summed E-state index contributed by atoms with van der Waals surface area (Å²) in [6.45, 7) is 1.41. The second-order valence-electron chi connectivity index (χ2n) is 3.28. The third-order valence-electron chi connectivity index (χ3n) is 1.48. The van der Waals surface area contributed by atoms with Gasteiger partial charge in [0, 0.05) is 18.9 Å². The van der Waals surface area contributed by atoms with Crippen molar-refractivity contribution < 1.29 is 9.90 Å². The molecule has 1 amide bonds. The number of thioether (sulfide) groups is 1. The summed E-state index contributed by atoms with van der Waals surface area (Å²) in [5.41, 5.74) is 0. The summed E-state index contributed by atoms with van der Waals surface area (Å²) in [5, 5.41) is 11.3. The van der Waals surface area contributed by atoms with Crippen molar-refractivity contribution in [2.45, 2.75) is 6.42 Å². The van der Waals surface area contributed by atoms with Gasteiger partial charge in [-0.3, -0.25) is 4.79 Å². The first-order valence-corrected chi connectivity index (χ1v) is 5.92. The van der Waals surface area contributed by atoms with Crippen LogP contribution >= 0.6 is 11.8 Å². The van der Waals surface area contributed by atoms with Gasteiger partial charge in [-0.1, -0.05) is 0 Å². The van der Waals surface area contributed by atoms with Crippen molar-refractivity contribution in [3.8, 4) is 0 Å². The van der Waals surface area contributed by atoms with Crippen molar-refractivity contribution in [3.05, 3.63) is 0 Å². The lowest BCUT2D eigenvalue weighted by molar-refractivity contribution is -0.121. The molecule has 0 unspecified atom stereocenters. The fraction of sp³-hybridized carbons (Fsp3) is 0.889. The molecule has 0 radical (unpaired) electrons. The molecule has 14 heavy (non-hydrogen) atoms. The first-order chi connectivity index (χ1) is 6.66. The second kappa shape index (κ2) is 9.30. The summed E-state index contributed by atoms with van der Waals surface area (Å²) in [6, 6.07) is 0. The van der Waals surface area contributed by atoms with Crippen LogP contribution in [-0.4, -0.2) is 61.2 Å². The second-order valence-corrected chi connectivity index (χ2v) is 4.50. The average molecular weight is 220 g/mol. The Morgan fingerprint density at radius 2 is 2.14 bits per heavy atom. The number of nitrogens with zero attached hydrogens (tertiary/aromatic N) is 1. The van der Waals surface area contributed by atoms with Gasteiger partial charge >= 0.3 is 0 Å². The number of hydrogen-bond donors (Lipinski definition) is 2. The third kappa shape index (κ3) is 9.83. The molecular weight excluding hydrogens is 200 g/mol. The van der Waals surface area contributed by atoms with Gasteiger partial charge in [0.15, 0.2) is 0 Å². The van der Waals surface area contributed by atoms with E-state index in [4.69, 9.17) is 5.11 Å². The Bertz CT molecular complexity index is 154. The molecule has 84 valence electrons. The number of aliphatic hydroxyl groups is 1. The molecule has 0 aliphatic rings. The van der Waals surface area contributed by atoms with E-state index in [1.54, 1.807) is 11.8 Å². The molecule has 0 rings (SSSR count). The Morgan fingerprint density at radius 3 is 2.71 bits per heavy atom. The fourth-order valence-corrected chi connectivity index (χ4v) is 1.66. The summed E-state index contributed by atoms with van der Waals surface area (Å²) in [5.74, 6) is 1.94. The van der Waals surface area contributed by atoms with E-state index < -0.39 is 0 Å². The number of carbonyl (C=O) groups excluding carboxylic acids is 1. The minimum Gasteiger partial charge on any atom is -0.396 e. The molecule has 4 nitrogen and oxygen atoms in total. The molecule has 0 saturated heterocycles. The highest BCUT2D eigenvalue weighted by Gasteiger charge is 2.00. The largest absolute Gasteiger partial charge is 0.396 e. The predicted octanol–water partition coefficient (Wildman–Crippen LogP) is -0.220. The minimum absolute atomic E-state index is 0.0674. The van der Waals surface area contributed by atoms with Gasteiger partial charge in [-0.2, -0.15) is 11.8 Å². The lowest BCUT2D eigenvalue weighted by Gasteiger charge is -2.09. The molecule has 0 aliphatic carbocycles. The summed E-state index contributed by atoms with van der Waals surface area (Å²) in [4.78, 5) is 13.0. The van der Waals surface area contributed by atoms with E-state index in [0.29, 0.717) is 13.1 Å². The highest BCUT2D eigenvalue weighted by atomic mass is 32.2. The van der Waals surface area contributed by atoms with Crippen molar-refractivity contribution in [1.82, 2.24) is 10.2 Å².